The summed E-state index contributed by atoms with van der Waals surface area (Å²) in [5.74, 6) is 1.30. The van der Waals surface area contributed by atoms with E-state index in [1.165, 1.54) is 0 Å². The normalized spacial score (nSPS) is 10.9. The first kappa shape index (κ1) is 14.6. The summed E-state index contributed by atoms with van der Waals surface area (Å²) < 4.78 is 6.97. The highest BCUT2D eigenvalue weighted by Crippen LogP contribution is 2.32. The van der Waals surface area contributed by atoms with Gasteiger partial charge in [0.15, 0.2) is 5.82 Å². The number of aromatic nitrogens is 4. The number of methoxy groups -OCH3 is 1. The number of anilines is 1. The highest BCUT2D eigenvalue weighted by Gasteiger charge is 2.14. The molecule has 0 radical (unpaired) electrons. The van der Waals surface area contributed by atoms with Gasteiger partial charge in [0.2, 0.25) is 0 Å². The molecule has 0 aliphatic heterocycles. The molecule has 6 nitrogen and oxygen atoms in total. The molecular weight excluding hydrogens is 302 g/mol. The number of nitrogens with zero attached hydrogens (tertiary/aromatic N) is 4. The van der Waals surface area contributed by atoms with Gasteiger partial charge in [0.05, 0.1) is 29.4 Å². The van der Waals surface area contributed by atoms with Crippen LogP contribution in [0.5, 0.6) is 5.75 Å². The van der Waals surface area contributed by atoms with E-state index < -0.39 is 0 Å². The maximum Gasteiger partial charge on any atom is 0.153 e. The first-order valence-corrected chi connectivity index (χ1v) is 7.28. The van der Waals surface area contributed by atoms with Gasteiger partial charge in [-0.25, -0.2) is 9.97 Å². The Bertz CT molecular complexity index is 830. The molecule has 114 valence electrons. The van der Waals surface area contributed by atoms with Gasteiger partial charge in [-0.3, -0.25) is 4.68 Å². The predicted molar refractivity (Wildman–Crippen MR) is 87.5 cm³/mol. The molecule has 1 aromatic carbocycles. The smallest absolute Gasteiger partial charge is 0.153 e. The summed E-state index contributed by atoms with van der Waals surface area (Å²) >= 11 is 6.18. The summed E-state index contributed by atoms with van der Waals surface area (Å²) in [6, 6.07) is 3.55. The van der Waals surface area contributed by atoms with Crippen LogP contribution in [0.4, 0.5) is 5.82 Å². The number of ether oxygens (including phenoxy) is 1. The average molecular weight is 318 g/mol. The summed E-state index contributed by atoms with van der Waals surface area (Å²) in [5.41, 5.74) is 3.10. The third-order valence-electron chi connectivity index (χ3n) is 3.26. The van der Waals surface area contributed by atoms with E-state index in [1.807, 2.05) is 20.2 Å². The van der Waals surface area contributed by atoms with Gasteiger partial charge in [-0.2, -0.15) is 5.10 Å². The number of hydrogen-bond acceptors (Lipinski definition) is 5. The van der Waals surface area contributed by atoms with Crippen LogP contribution in [-0.2, 0) is 7.05 Å². The van der Waals surface area contributed by atoms with Crippen LogP contribution in [0.3, 0.4) is 0 Å². The largest absolute Gasteiger partial charge is 0.495 e. The fraction of sp³-hybridized carbons (Fsp3) is 0.267. The lowest BCUT2D eigenvalue weighted by Crippen LogP contribution is -2.04. The van der Waals surface area contributed by atoms with Crippen LogP contribution in [0.25, 0.3) is 22.3 Å². The Morgan fingerprint density at radius 2 is 2.05 bits per heavy atom. The number of rotatable bonds is 4. The van der Waals surface area contributed by atoms with Gasteiger partial charge in [0, 0.05) is 31.4 Å². The molecule has 0 unspecified atom stereocenters. The Kier molecular flexibility index (Phi) is 3.85. The number of fused-ring (bicyclic) bond motifs is 1. The molecule has 0 saturated carbocycles. The Morgan fingerprint density at radius 3 is 2.68 bits per heavy atom. The topological polar surface area (TPSA) is 64.9 Å². The quantitative estimate of drug-likeness (QED) is 0.801. The van der Waals surface area contributed by atoms with E-state index in [4.69, 9.17) is 21.3 Å². The highest BCUT2D eigenvalue weighted by molar-refractivity contribution is 6.32. The minimum Gasteiger partial charge on any atom is -0.495 e. The molecule has 7 heteroatoms. The maximum atomic E-state index is 6.18. The summed E-state index contributed by atoms with van der Waals surface area (Å²) in [7, 11) is 3.45. The van der Waals surface area contributed by atoms with Gasteiger partial charge < -0.3 is 10.1 Å². The van der Waals surface area contributed by atoms with Gasteiger partial charge >= 0.3 is 0 Å². The van der Waals surface area contributed by atoms with Crippen molar-refractivity contribution < 1.29 is 4.74 Å². The zero-order valence-electron chi connectivity index (χ0n) is 12.6. The van der Waals surface area contributed by atoms with Gasteiger partial charge in [-0.1, -0.05) is 11.6 Å². The van der Waals surface area contributed by atoms with Crippen molar-refractivity contribution in [2.45, 2.75) is 6.92 Å². The van der Waals surface area contributed by atoms with Crippen molar-refractivity contribution in [3.05, 3.63) is 29.5 Å². The van der Waals surface area contributed by atoms with E-state index in [0.717, 1.165) is 23.3 Å². The van der Waals surface area contributed by atoms with E-state index in [9.17, 15) is 0 Å². The summed E-state index contributed by atoms with van der Waals surface area (Å²) in [4.78, 5) is 9.35. The van der Waals surface area contributed by atoms with Gasteiger partial charge in [-0.15, -0.1) is 0 Å². The third kappa shape index (κ3) is 2.57. The Hall–Kier alpha value is -2.34. The van der Waals surface area contributed by atoms with Crippen LogP contribution in [0.15, 0.2) is 24.5 Å². The second-order valence-corrected chi connectivity index (χ2v) is 5.24. The van der Waals surface area contributed by atoms with Crippen LogP contribution in [0, 0.1) is 0 Å². The molecule has 3 rings (SSSR count). The zero-order chi connectivity index (χ0) is 15.7. The Balaban J connectivity index is 2.23. The molecule has 0 amide bonds. The molecule has 0 bridgehead atoms. The molecular formula is C15H16ClN5O. The monoisotopic (exact) mass is 317 g/mol. The Morgan fingerprint density at radius 1 is 1.27 bits per heavy atom. The molecule has 3 aromatic rings. The zero-order valence-corrected chi connectivity index (χ0v) is 13.3. The lowest BCUT2D eigenvalue weighted by molar-refractivity contribution is 0.415. The van der Waals surface area contributed by atoms with Crippen molar-refractivity contribution >= 4 is 28.5 Å². The van der Waals surface area contributed by atoms with E-state index in [0.29, 0.717) is 22.1 Å². The van der Waals surface area contributed by atoms with Crippen molar-refractivity contribution in [1.29, 1.82) is 0 Å². The first-order chi connectivity index (χ1) is 10.6. The standard InChI is InChI=1S/C15H16ClN5O/c1-4-17-15-14(9-7-18-21(2)8-9)19-11-5-10(16)13(22-3)6-12(11)20-15/h5-8H,4H2,1-3H3,(H,17,20). The van der Waals surface area contributed by atoms with Crippen LogP contribution >= 0.6 is 11.6 Å². The predicted octanol–water partition coefficient (Wildman–Crippen LogP) is 3.12. The van der Waals surface area contributed by atoms with Gasteiger partial charge in [0.1, 0.15) is 11.4 Å². The lowest BCUT2D eigenvalue weighted by Gasteiger charge is -2.11. The van der Waals surface area contributed by atoms with Crippen molar-refractivity contribution in [2.24, 2.45) is 7.05 Å². The van der Waals surface area contributed by atoms with Crippen molar-refractivity contribution in [3.63, 3.8) is 0 Å². The van der Waals surface area contributed by atoms with Crippen LogP contribution in [0.2, 0.25) is 5.02 Å². The Labute approximate surface area is 133 Å². The van der Waals surface area contributed by atoms with Crippen molar-refractivity contribution in [3.8, 4) is 17.0 Å². The number of aryl methyl sites for hydroxylation is 1. The van der Waals surface area contributed by atoms with Gasteiger partial charge in [-0.05, 0) is 13.0 Å². The summed E-state index contributed by atoms with van der Waals surface area (Å²) in [6.07, 6.45) is 3.67. The molecule has 0 aliphatic rings. The highest BCUT2D eigenvalue weighted by atomic mass is 35.5. The van der Waals surface area contributed by atoms with E-state index in [2.05, 4.69) is 15.4 Å². The molecule has 0 spiro atoms. The second kappa shape index (κ2) is 5.81. The van der Waals surface area contributed by atoms with Crippen LogP contribution in [-0.4, -0.2) is 33.4 Å². The van der Waals surface area contributed by atoms with Crippen LogP contribution in [0.1, 0.15) is 6.92 Å². The molecule has 1 N–H and O–H groups in total. The minimum absolute atomic E-state index is 0.512. The van der Waals surface area contributed by atoms with E-state index in [1.54, 1.807) is 30.1 Å². The fourth-order valence-electron chi connectivity index (χ4n) is 2.25. The molecule has 2 heterocycles. The van der Waals surface area contributed by atoms with E-state index in [-0.39, 0.29) is 0 Å². The minimum atomic E-state index is 0.512. The maximum absolute atomic E-state index is 6.18. The molecule has 0 atom stereocenters. The molecule has 22 heavy (non-hydrogen) atoms. The number of benzene rings is 1. The molecule has 0 fully saturated rings. The second-order valence-electron chi connectivity index (χ2n) is 4.83. The van der Waals surface area contributed by atoms with Crippen LogP contribution < -0.4 is 10.1 Å². The fourth-order valence-corrected chi connectivity index (χ4v) is 2.49. The third-order valence-corrected chi connectivity index (χ3v) is 3.56. The number of hydrogen-bond donors (Lipinski definition) is 1. The molecule has 2 aromatic heterocycles. The van der Waals surface area contributed by atoms with E-state index >= 15 is 0 Å². The van der Waals surface area contributed by atoms with Crippen molar-refractivity contribution in [2.75, 3.05) is 19.0 Å². The number of halogens is 1. The SMILES string of the molecule is CCNc1nc2cc(OC)c(Cl)cc2nc1-c1cnn(C)c1. The first-order valence-electron chi connectivity index (χ1n) is 6.90. The number of nitrogens with one attached hydrogen (secondary N) is 1. The van der Waals surface area contributed by atoms with Crippen molar-refractivity contribution in [1.82, 2.24) is 19.7 Å². The molecule has 0 aliphatic carbocycles. The summed E-state index contributed by atoms with van der Waals surface area (Å²) in [5, 5.41) is 7.95. The molecule has 0 saturated heterocycles. The average Bonchev–Trinajstić information content (AvgIpc) is 2.93. The van der Waals surface area contributed by atoms with Gasteiger partial charge in [0.25, 0.3) is 0 Å². The summed E-state index contributed by atoms with van der Waals surface area (Å²) in [6.45, 7) is 2.76. The lowest BCUT2D eigenvalue weighted by atomic mass is 10.2.